The fraction of sp³-hybridized carbons (Fsp3) is 0.500. The molecule has 0 spiro atoms. The minimum atomic E-state index is -1.23. The van der Waals surface area contributed by atoms with Crippen molar-refractivity contribution in [2.75, 3.05) is 0 Å². The van der Waals surface area contributed by atoms with Crippen molar-refractivity contribution in [2.45, 2.75) is 51.1 Å². The van der Waals surface area contributed by atoms with Crippen LogP contribution in [-0.4, -0.2) is 23.5 Å². The highest BCUT2D eigenvalue weighted by atomic mass is 16.8. The Bertz CT molecular complexity index is 580. The molecule has 22 heavy (non-hydrogen) atoms. The highest BCUT2D eigenvalue weighted by Gasteiger charge is 2.49. The molecule has 0 saturated carbocycles. The van der Waals surface area contributed by atoms with Crippen molar-refractivity contribution in [3.63, 3.8) is 0 Å². The van der Waals surface area contributed by atoms with Gasteiger partial charge in [-0.05, 0) is 24.3 Å². The first-order valence-electron chi connectivity index (χ1n) is 7.28. The molecule has 0 saturated heterocycles. The summed E-state index contributed by atoms with van der Waals surface area (Å²) in [6.07, 6.45) is 5.19. The van der Waals surface area contributed by atoms with Crippen LogP contribution in [0.2, 0.25) is 0 Å². The maximum Gasteiger partial charge on any atom is 0.305 e. The van der Waals surface area contributed by atoms with Gasteiger partial charge in [0.15, 0.2) is 0 Å². The van der Waals surface area contributed by atoms with Gasteiger partial charge in [0, 0.05) is 39.5 Å². The maximum absolute atomic E-state index is 11.4. The summed E-state index contributed by atoms with van der Waals surface area (Å²) in [6, 6.07) is 3.80. The Kier molecular flexibility index (Phi) is 3.56. The van der Waals surface area contributed by atoms with Gasteiger partial charge < -0.3 is 13.9 Å². The third kappa shape index (κ3) is 2.92. The van der Waals surface area contributed by atoms with Gasteiger partial charge in [0.2, 0.25) is 11.6 Å². The molecule has 6 heteroatoms. The molecular formula is C16H18O6. The van der Waals surface area contributed by atoms with Gasteiger partial charge in [-0.2, -0.15) is 0 Å². The van der Waals surface area contributed by atoms with Crippen molar-refractivity contribution < 1.29 is 28.2 Å². The van der Waals surface area contributed by atoms with Crippen molar-refractivity contribution >= 4 is 11.9 Å². The predicted octanol–water partition coefficient (Wildman–Crippen LogP) is 2.26. The molecule has 6 nitrogen and oxygen atoms in total. The SMILES string of the molecule is CC(=O)O[C@]12C=C[C@](OC(C)=O)(CCc3ccc(o3)CC1)O2. The van der Waals surface area contributed by atoms with Crippen LogP contribution in [0.5, 0.6) is 0 Å². The second-order valence-electron chi connectivity index (χ2n) is 5.61. The smallest absolute Gasteiger partial charge is 0.305 e. The first-order valence-corrected chi connectivity index (χ1v) is 7.28. The van der Waals surface area contributed by atoms with E-state index in [9.17, 15) is 9.59 Å². The van der Waals surface area contributed by atoms with Crippen LogP contribution in [0.4, 0.5) is 0 Å². The first-order chi connectivity index (χ1) is 10.4. The summed E-state index contributed by atoms with van der Waals surface area (Å²) in [5.41, 5.74) is 0. The topological polar surface area (TPSA) is 75.0 Å². The van der Waals surface area contributed by atoms with E-state index in [-0.39, 0.29) is 0 Å². The summed E-state index contributed by atoms with van der Waals surface area (Å²) in [6.45, 7) is 2.64. The molecule has 2 atom stereocenters. The molecule has 1 aromatic heterocycles. The van der Waals surface area contributed by atoms with Crippen molar-refractivity contribution in [3.8, 4) is 0 Å². The zero-order valence-electron chi connectivity index (χ0n) is 12.6. The standard InChI is InChI=1S/C16H18O6/c1-11(17)20-15-7-5-13-3-4-14(19-13)6-8-16(22-15,10-9-15)21-12(2)18/h3-4,9-10H,5-8H2,1-2H3/t15-,16+. The number of esters is 2. The number of carbonyl (C=O) groups excluding carboxylic acids is 2. The van der Waals surface area contributed by atoms with E-state index in [1.54, 1.807) is 12.2 Å². The van der Waals surface area contributed by atoms with E-state index in [0.29, 0.717) is 25.7 Å². The molecule has 0 fully saturated rings. The average Bonchev–Trinajstić information content (AvgIpc) is 2.98. The third-order valence-corrected chi connectivity index (χ3v) is 3.73. The van der Waals surface area contributed by atoms with Crippen molar-refractivity contribution in [1.82, 2.24) is 0 Å². The van der Waals surface area contributed by atoms with Crippen molar-refractivity contribution in [2.24, 2.45) is 0 Å². The molecule has 2 aliphatic rings. The van der Waals surface area contributed by atoms with E-state index >= 15 is 0 Å². The highest BCUT2D eigenvalue weighted by molar-refractivity contribution is 5.67. The summed E-state index contributed by atoms with van der Waals surface area (Å²) in [4.78, 5) is 22.9. The Morgan fingerprint density at radius 1 is 0.955 bits per heavy atom. The van der Waals surface area contributed by atoms with E-state index in [1.807, 2.05) is 12.1 Å². The monoisotopic (exact) mass is 306 g/mol. The predicted molar refractivity (Wildman–Crippen MR) is 74.6 cm³/mol. The number of ether oxygens (including phenoxy) is 3. The van der Waals surface area contributed by atoms with Crippen molar-refractivity contribution in [3.05, 3.63) is 35.8 Å². The van der Waals surface area contributed by atoms with Crippen LogP contribution < -0.4 is 0 Å². The Morgan fingerprint density at radius 3 is 1.82 bits per heavy atom. The largest absolute Gasteiger partial charge is 0.466 e. The van der Waals surface area contributed by atoms with Gasteiger partial charge in [-0.15, -0.1) is 0 Å². The molecule has 3 rings (SSSR count). The summed E-state index contributed by atoms with van der Waals surface area (Å²) in [7, 11) is 0. The Morgan fingerprint density at radius 2 is 1.41 bits per heavy atom. The molecule has 0 unspecified atom stereocenters. The van der Waals surface area contributed by atoms with Gasteiger partial charge >= 0.3 is 11.9 Å². The molecule has 0 aromatic carbocycles. The summed E-state index contributed by atoms with van der Waals surface area (Å²) < 4.78 is 22.4. The first kappa shape index (κ1) is 14.8. The Balaban J connectivity index is 1.94. The van der Waals surface area contributed by atoms with Gasteiger partial charge in [-0.3, -0.25) is 14.3 Å². The molecule has 0 N–H and O–H groups in total. The van der Waals surface area contributed by atoms with Gasteiger partial charge in [-0.1, -0.05) is 0 Å². The molecular weight excluding hydrogens is 288 g/mol. The number of rotatable bonds is 2. The van der Waals surface area contributed by atoms with E-state index < -0.39 is 23.5 Å². The van der Waals surface area contributed by atoms with Crippen LogP contribution in [-0.2, 0) is 36.6 Å². The molecule has 0 aliphatic carbocycles. The third-order valence-electron chi connectivity index (χ3n) is 3.73. The minimum Gasteiger partial charge on any atom is -0.466 e. The Labute approximate surface area is 128 Å². The van der Waals surface area contributed by atoms with Crippen LogP contribution in [0.1, 0.15) is 38.2 Å². The summed E-state index contributed by atoms with van der Waals surface area (Å²) in [5.74, 6) is -1.76. The fourth-order valence-electron chi connectivity index (χ4n) is 2.87. The lowest BCUT2D eigenvalue weighted by Gasteiger charge is -2.34. The van der Waals surface area contributed by atoms with Crippen LogP contribution in [0.25, 0.3) is 0 Å². The van der Waals surface area contributed by atoms with Crippen molar-refractivity contribution in [1.29, 1.82) is 0 Å². The molecule has 0 amide bonds. The summed E-state index contributed by atoms with van der Waals surface area (Å²) >= 11 is 0. The molecule has 2 aliphatic heterocycles. The zero-order chi connectivity index (χ0) is 15.8. The van der Waals surface area contributed by atoms with E-state index in [2.05, 4.69) is 0 Å². The van der Waals surface area contributed by atoms with Crippen LogP contribution in [0, 0.1) is 0 Å². The van der Waals surface area contributed by atoms with Crippen LogP contribution in [0.3, 0.4) is 0 Å². The van der Waals surface area contributed by atoms with Crippen LogP contribution >= 0.6 is 0 Å². The zero-order valence-corrected chi connectivity index (χ0v) is 12.6. The number of hydrogen-bond acceptors (Lipinski definition) is 6. The highest BCUT2D eigenvalue weighted by Crippen LogP contribution is 2.40. The number of carbonyl (C=O) groups is 2. The van der Waals surface area contributed by atoms with Gasteiger partial charge in [-0.25, -0.2) is 0 Å². The normalized spacial score (nSPS) is 29.9. The molecule has 1 aromatic rings. The molecule has 0 radical (unpaired) electrons. The van der Waals surface area contributed by atoms with Gasteiger partial charge in [0.25, 0.3) is 0 Å². The minimum absolute atomic E-state index is 0.388. The van der Waals surface area contributed by atoms with Crippen LogP contribution in [0.15, 0.2) is 28.7 Å². The lowest BCUT2D eigenvalue weighted by atomic mass is 10.1. The van der Waals surface area contributed by atoms with E-state index in [4.69, 9.17) is 18.6 Å². The lowest BCUT2D eigenvalue weighted by molar-refractivity contribution is -0.292. The number of fused-ring (bicyclic) bond motifs is 4. The fourth-order valence-corrected chi connectivity index (χ4v) is 2.87. The van der Waals surface area contributed by atoms with E-state index in [0.717, 1.165) is 11.5 Å². The molecule has 118 valence electrons. The number of aryl methyl sites for hydroxylation is 2. The number of furan rings is 1. The van der Waals surface area contributed by atoms with E-state index in [1.165, 1.54) is 13.8 Å². The molecule has 4 bridgehead atoms. The second kappa shape index (κ2) is 5.28. The second-order valence-corrected chi connectivity index (χ2v) is 5.61. The van der Waals surface area contributed by atoms with Gasteiger partial charge in [0.1, 0.15) is 11.5 Å². The lowest BCUT2D eigenvalue weighted by Crippen LogP contribution is -2.43. The van der Waals surface area contributed by atoms with Gasteiger partial charge in [0.05, 0.1) is 0 Å². The summed E-state index contributed by atoms with van der Waals surface area (Å²) in [5, 5.41) is 0. The quantitative estimate of drug-likeness (QED) is 0.616. The average molecular weight is 306 g/mol. The Hall–Kier alpha value is -2.08. The molecule has 3 heterocycles. The number of hydrogen-bond donors (Lipinski definition) is 0. The maximum atomic E-state index is 11.4.